The van der Waals surface area contributed by atoms with E-state index in [1.165, 1.54) is 23.1 Å². The number of halogens is 2. The van der Waals surface area contributed by atoms with E-state index in [1.807, 2.05) is 79.7 Å². The molecule has 6 rings (SSSR count). The number of pyridine rings is 1. The standard InChI is InChI=1S/C36H32ClFN4O3/c1-22-15-17-41(32(35(39)44)21-25-8-4-7-24-6-2-3-10-28(24)25)36(45)34(27-12-13-30(38)29(37)20-27)42(22)33(43)19-23-11-14-31-26(18-23)9-5-16-40-31/h2-14,16,18,20,22,32,34H,15,17,19,21H2,1H3,(H2,39,44)/t22-,32?,34+/m1/s1. The van der Waals surface area contributed by atoms with Gasteiger partial charge in [0.2, 0.25) is 11.8 Å². The van der Waals surface area contributed by atoms with Gasteiger partial charge in [-0.05, 0) is 71.1 Å². The first-order valence-electron chi connectivity index (χ1n) is 14.9. The lowest BCUT2D eigenvalue weighted by Crippen LogP contribution is -2.52. The molecule has 0 aliphatic carbocycles. The van der Waals surface area contributed by atoms with Crippen molar-refractivity contribution < 1.29 is 18.8 Å². The molecule has 0 saturated carbocycles. The molecule has 1 aromatic heterocycles. The van der Waals surface area contributed by atoms with Crippen LogP contribution in [0.1, 0.15) is 36.1 Å². The zero-order chi connectivity index (χ0) is 31.7. The number of primary amides is 1. The van der Waals surface area contributed by atoms with Crippen molar-refractivity contribution in [1.29, 1.82) is 0 Å². The number of amides is 3. The molecule has 7 nitrogen and oxygen atoms in total. The van der Waals surface area contributed by atoms with Gasteiger partial charge in [-0.1, -0.05) is 72.3 Å². The van der Waals surface area contributed by atoms with Crippen LogP contribution in [0, 0.1) is 5.82 Å². The van der Waals surface area contributed by atoms with Crippen molar-refractivity contribution in [3.63, 3.8) is 0 Å². The van der Waals surface area contributed by atoms with Gasteiger partial charge in [-0.2, -0.15) is 0 Å². The van der Waals surface area contributed by atoms with E-state index in [9.17, 15) is 18.8 Å². The molecule has 3 atom stereocenters. The minimum Gasteiger partial charge on any atom is -0.368 e. The maximum Gasteiger partial charge on any atom is 0.250 e. The van der Waals surface area contributed by atoms with E-state index in [1.54, 1.807) is 11.1 Å². The summed E-state index contributed by atoms with van der Waals surface area (Å²) >= 11 is 6.20. The van der Waals surface area contributed by atoms with Gasteiger partial charge in [0.05, 0.1) is 17.0 Å². The fraction of sp³-hybridized carbons (Fsp3) is 0.222. The molecule has 45 heavy (non-hydrogen) atoms. The van der Waals surface area contributed by atoms with Gasteiger partial charge in [0.1, 0.15) is 17.9 Å². The first kappa shape index (κ1) is 30.2. The Morgan fingerprint density at radius 3 is 2.58 bits per heavy atom. The van der Waals surface area contributed by atoms with Gasteiger partial charge in [0, 0.05) is 30.6 Å². The predicted molar refractivity (Wildman–Crippen MR) is 173 cm³/mol. The van der Waals surface area contributed by atoms with Gasteiger partial charge in [0.15, 0.2) is 0 Å². The van der Waals surface area contributed by atoms with Gasteiger partial charge in [-0.3, -0.25) is 19.4 Å². The Balaban J connectivity index is 1.38. The topological polar surface area (TPSA) is 96.6 Å². The summed E-state index contributed by atoms with van der Waals surface area (Å²) in [6, 6.07) is 24.5. The maximum absolute atomic E-state index is 14.6. The predicted octanol–water partition coefficient (Wildman–Crippen LogP) is 6.01. The number of rotatable bonds is 7. The Bertz CT molecular complexity index is 1930. The van der Waals surface area contributed by atoms with Crippen molar-refractivity contribution >= 4 is 51.0 Å². The van der Waals surface area contributed by atoms with Crippen LogP contribution in [-0.4, -0.2) is 51.1 Å². The Morgan fingerprint density at radius 2 is 1.78 bits per heavy atom. The molecule has 2 heterocycles. The van der Waals surface area contributed by atoms with Gasteiger partial charge in [-0.15, -0.1) is 0 Å². The van der Waals surface area contributed by atoms with Crippen LogP contribution in [0.2, 0.25) is 5.02 Å². The monoisotopic (exact) mass is 622 g/mol. The minimum atomic E-state index is -1.15. The van der Waals surface area contributed by atoms with E-state index in [-0.39, 0.29) is 30.3 Å². The summed E-state index contributed by atoms with van der Waals surface area (Å²) in [5, 5.41) is 2.70. The smallest absolute Gasteiger partial charge is 0.250 e. The summed E-state index contributed by atoms with van der Waals surface area (Å²) in [6.45, 7) is 2.08. The van der Waals surface area contributed by atoms with Crippen LogP contribution >= 0.6 is 11.6 Å². The molecule has 1 saturated heterocycles. The second-order valence-corrected chi connectivity index (χ2v) is 11.9. The largest absolute Gasteiger partial charge is 0.368 e. The quantitative estimate of drug-likeness (QED) is 0.240. The Morgan fingerprint density at radius 1 is 1.00 bits per heavy atom. The number of benzene rings is 4. The highest BCUT2D eigenvalue weighted by atomic mass is 35.5. The Hall–Kier alpha value is -4.82. The van der Waals surface area contributed by atoms with Crippen molar-refractivity contribution in [2.45, 2.75) is 44.3 Å². The first-order chi connectivity index (χ1) is 21.7. The fourth-order valence-electron chi connectivity index (χ4n) is 6.33. The highest BCUT2D eigenvalue weighted by Crippen LogP contribution is 2.34. The molecule has 4 aromatic carbocycles. The molecule has 1 aliphatic rings. The van der Waals surface area contributed by atoms with Gasteiger partial charge in [-0.25, -0.2) is 4.39 Å². The SMILES string of the molecule is C[C@@H]1CCN(C(Cc2cccc3ccccc23)C(N)=O)C(=O)[C@H](c2ccc(F)c(Cl)c2)N1C(=O)Cc1ccc2ncccc2c1. The third-order valence-electron chi connectivity index (χ3n) is 8.63. The van der Waals surface area contributed by atoms with Crippen LogP contribution in [0.5, 0.6) is 0 Å². The second-order valence-electron chi connectivity index (χ2n) is 11.5. The molecule has 0 radical (unpaired) electrons. The Labute approximate surface area is 265 Å². The van der Waals surface area contributed by atoms with Crippen molar-refractivity contribution in [3.05, 3.63) is 125 Å². The lowest BCUT2D eigenvalue weighted by Gasteiger charge is -2.36. The number of nitrogens with zero attached hydrogens (tertiary/aromatic N) is 3. The lowest BCUT2D eigenvalue weighted by atomic mass is 9.96. The van der Waals surface area contributed by atoms with Gasteiger partial charge >= 0.3 is 0 Å². The summed E-state index contributed by atoms with van der Waals surface area (Å²) in [6.07, 6.45) is 2.35. The van der Waals surface area contributed by atoms with E-state index in [4.69, 9.17) is 17.3 Å². The van der Waals surface area contributed by atoms with Crippen molar-refractivity contribution in [3.8, 4) is 0 Å². The fourth-order valence-corrected chi connectivity index (χ4v) is 6.52. The zero-order valence-corrected chi connectivity index (χ0v) is 25.5. The molecular weight excluding hydrogens is 591 g/mol. The molecule has 0 bridgehead atoms. The number of nitrogens with two attached hydrogens (primary N) is 1. The van der Waals surface area contributed by atoms with E-state index in [0.29, 0.717) is 12.0 Å². The van der Waals surface area contributed by atoms with Crippen LogP contribution in [-0.2, 0) is 27.2 Å². The molecular formula is C36H32ClFN4O3. The van der Waals surface area contributed by atoms with E-state index in [0.717, 1.165) is 32.8 Å². The lowest BCUT2D eigenvalue weighted by molar-refractivity contribution is -0.148. The average molecular weight is 623 g/mol. The summed E-state index contributed by atoms with van der Waals surface area (Å²) in [4.78, 5) is 49.2. The molecule has 1 aliphatic heterocycles. The molecule has 0 spiro atoms. The third-order valence-corrected chi connectivity index (χ3v) is 8.92. The molecule has 9 heteroatoms. The van der Waals surface area contributed by atoms with E-state index >= 15 is 0 Å². The number of carbonyl (C=O) groups excluding carboxylic acids is 3. The summed E-state index contributed by atoms with van der Waals surface area (Å²) in [7, 11) is 0. The summed E-state index contributed by atoms with van der Waals surface area (Å²) in [5.41, 5.74) is 8.80. The summed E-state index contributed by atoms with van der Waals surface area (Å²) in [5.74, 6) is -2.04. The van der Waals surface area contributed by atoms with Crippen molar-refractivity contribution in [1.82, 2.24) is 14.8 Å². The van der Waals surface area contributed by atoms with Gasteiger partial charge < -0.3 is 15.5 Å². The maximum atomic E-state index is 14.6. The molecule has 2 N–H and O–H groups in total. The molecule has 228 valence electrons. The number of carbonyl (C=O) groups is 3. The highest BCUT2D eigenvalue weighted by Gasteiger charge is 2.43. The van der Waals surface area contributed by atoms with Crippen LogP contribution in [0.4, 0.5) is 4.39 Å². The Kier molecular flexibility index (Phi) is 8.50. The highest BCUT2D eigenvalue weighted by molar-refractivity contribution is 6.30. The van der Waals surface area contributed by atoms with Gasteiger partial charge in [0.25, 0.3) is 5.91 Å². The number of fused-ring (bicyclic) bond motifs is 2. The second kappa shape index (κ2) is 12.7. The number of hydrogen-bond acceptors (Lipinski definition) is 4. The van der Waals surface area contributed by atoms with Crippen molar-refractivity contribution in [2.24, 2.45) is 5.73 Å². The minimum absolute atomic E-state index is 0.0309. The van der Waals surface area contributed by atoms with Crippen LogP contribution in [0.3, 0.4) is 0 Å². The number of aromatic nitrogens is 1. The normalized spacial score (nSPS) is 17.8. The third kappa shape index (κ3) is 6.11. The molecule has 3 amide bonds. The van der Waals surface area contributed by atoms with Crippen LogP contribution in [0.15, 0.2) is 97.2 Å². The molecule has 1 fully saturated rings. The zero-order valence-electron chi connectivity index (χ0n) is 24.7. The number of hydrogen-bond donors (Lipinski definition) is 1. The molecule has 5 aromatic rings. The van der Waals surface area contributed by atoms with Crippen LogP contribution < -0.4 is 5.73 Å². The van der Waals surface area contributed by atoms with E-state index in [2.05, 4.69) is 4.98 Å². The molecule has 1 unspecified atom stereocenters. The van der Waals surface area contributed by atoms with E-state index < -0.39 is 35.8 Å². The average Bonchev–Trinajstić information content (AvgIpc) is 3.16. The first-order valence-corrected chi connectivity index (χ1v) is 15.3. The van der Waals surface area contributed by atoms with Crippen molar-refractivity contribution in [2.75, 3.05) is 6.54 Å². The summed E-state index contributed by atoms with van der Waals surface area (Å²) < 4.78 is 14.3. The van der Waals surface area contributed by atoms with Crippen LogP contribution in [0.25, 0.3) is 21.7 Å².